The molecule has 3 rings (SSSR count). The Kier molecular flexibility index (Phi) is 4.62. The van der Waals surface area contributed by atoms with Gasteiger partial charge in [-0.25, -0.2) is 9.37 Å². The van der Waals surface area contributed by atoms with Crippen LogP contribution in [-0.2, 0) is 0 Å². The first kappa shape index (κ1) is 16.2. The van der Waals surface area contributed by atoms with Crippen LogP contribution in [0.3, 0.4) is 0 Å². The van der Waals surface area contributed by atoms with Crippen molar-refractivity contribution in [1.29, 1.82) is 0 Å². The first-order valence-electron chi connectivity index (χ1n) is 7.41. The quantitative estimate of drug-likeness (QED) is 0.669. The molecule has 0 amide bonds. The molecule has 122 valence electrons. The molecule has 24 heavy (non-hydrogen) atoms. The molecule has 0 saturated heterocycles. The normalized spacial score (nSPS) is 10.5. The van der Waals surface area contributed by atoms with Gasteiger partial charge >= 0.3 is 0 Å². The Morgan fingerprint density at radius 2 is 1.67 bits per heavy atom. The second-order valence-corrected chi connectivity index (χ2v) is 5.87. The van der Waals surface area contributed by atoms with E-state index < -0.39 is 0 Å². The van der Waals surface area contributed by atoms with Gasteiger partial charge < -0.3 is 10.6 Å². The summed E-state index contributed by atoms with van der Waals surface area (Å²) < 4.78 is 13.0. The van der Waals surface area contributed by atoms with Gasteiger partial charge in [-0.05, 0) is 55.8 Å². The summed E-state index contributed by atoms with van der Waals surface area (Å²) in [6.07, 6.45) is 0. The van der Waals surface area contributed by atoms with Crippen LogP contribution in [0.1, 0.15) is 11.3 Å². The van der Waals surface area contributed by atoms with Crippen molar-refractivity contribution >= 4 is 34.7 Å². The van der Waals surface area contributed by atoms with Crippen molar-refractivity contribution in [3.05, 3.63) is 70.6 Å². The number of halogens is 2. The van der Waals surface area contributed by atoms with Crippen molar-refractivity contribution in [2.45, 2.75) is 13.8 Å². The highest BCUT2D eigenvalue weighted by molar-refractivity contribution is 6.30. The molecule has 2 N–H and O–H groups in total. The monoisotopic (exact) mass is 342 g/mol. The Morgan fingerprint density at radius 3 is 2.42 bits per heavy atom. The van der Waals surface area contributed by atoms with E-state index in [0.29, 0.717) is 16.8 Å². The predicted molar refractivity (Wildman–Crippen MR) is 95.9 cm³/mol. The molecule has 0 aliphatic heterocycles. The summed E-state index contributed by atoms with van der Waals surface area (Å²) in [5, 5.41) is 6.96. The van der Waals surface area contributed by atoms with Crippen molar-refractivity contribution in [3.8, 4) is 0 Å². The van der Waals surface area contributed by atoms with Crippen molar-refractivity contribution in [3.63, 3.8) is 0 Å². The van der Waals surface area contributed by atoms with Gasteiger partial charge in [0.05, 0.1) is 0 Å². The zero-order chi connectivity index (χ0) is 17.1. The van der Waals surface area contributed by atoms with Gasteiger partial charge in [0, 0.05) is 28.2 Å². The van der Waals surface area contributed by atoms with Gasteiger partial charge in [-0.1, -0.05) is 17.7 Å². The molecule has 1 heterocycles. The summed E-state index contributed by atoms with van der Waals surface area (Å²) in [4.78, 5) is 8.84. The Morgan fingerprint density at radius 1 is 0.917 bits per heavy atom. The molecule has 4 nitrogen and oxygen atoms in total. The van der Waals surface area contributed by atoms with Crippen LogP contribution in [0.2, 0.25) is 5.02 Å². The first-order chi connectivity index (χ1) is 11.5. The van der Waals surface area contributed by atoms with E-state index in [1.807, 2.05) is 38.1 Å². The Hall–Kier alpha value is -2.66. The third kappa shape index (κ3) is 4.00. The molecule has 3 aromatic rings. The van der Waals surface area contributed by atoms with Crippen LogP contribution in [-0.4, -0.2) is 9.97 Å². The minimum absolute atomic E-state index is 0.279. The van der Waals surface area contributed by atoms with Gasteiger partial charge in [-0.3, -0.25) is 0 Å². The number of rotatable bonds is 4. The van der Waals surface area contributed by atoms with Gasteiger partial charge in [-0.15, -0.1) is 0 Å². The topological polar surface area (TPSA) is 49.8 Å². The molecule has 0 atom stereocenters. The molecule has 0 aliphatic carbocycles. The minimum Gasteiger partial charge on any atom is -0.340 e. The largest absolute Gasteiger partial charge is 0.340 e. The molecule has 1 aromatic heterocycles. The molecular weight excluding hydrogens is 327 g/mol. The van der Waals surface area contributed by atoms with E-state index in [9.17, 15) is 4.39 Å². The highest BCUT2D eigenvalue weighted by Crippen LogP contribution is 2.24. The number of nitrogens with zero attached hydrogens (tertiary/aromatic N) is 2. The summed E-state index contributed by atoms with van der Waals surface area (Å²) in [5.41, 5.74) is 3.44. The average Bonchev–Trinajstić information content (AvgIpc) is 2.53. The van der Waals surface area contributed by atoms with Gasteiger partial charge in [0.15, 0.2) is 0 Å². The lowest BCUT2D eigenvalue weighted by molar-refractivity contribution is 0.628. The molecule has 0 radical (unpaired) electrons. The van der Waals surface area contributed by atoms with Crippen LogP contribution in [0.5, 0.6) is 0 Å². The van der Waals surface area contributed by atoms with Gasteiger partial charge in [-0.2, -0.15) is 4.98 Å². The van der Waals surface area contributed by atoms with E-state index in [2.05, 4.69) is 20.6 Å². The zero-order valence-corrected chi connectivity index (χ0v) is 14.0. The molecule has 0 unspecified atom stereocenters. The van der Waals surface area contributed by atoms with Crippen LogP contribution in [0, 0.1) is 19.7 Å². The number of nitrogens with one attached hydrogen (secondary N) is 2. The van der Waals surface area contributed by atoms with Crippen LogP contribution in [0.15, 0.2) is 48.5 Å². The number of benzene rings is 2. The second kappa shape index (κ2) is 6.84. The summed E-state index contributed by atoms with van der Waals surface area (Å²) in [5.74, 6) is 0.805. The van der Waals surface area contributed by atoms with Gasteiger partial charge in [0.25, 0.3) is 0 Å². The van der Waals surface area contributed by atoms with Crippen molar-refractivity contribution < 1.29 is 4.39 Å². The van der Waals surface area contributed by atoms with Crippen molar-refractivity contribution in [1.82, 2.24) is 9.97 Å². The second-order valence-electron chi connectivity index (χ2n) is 5.43. The lowest BCUT2D eigenvalue weighted by atomic mass is 10.2. The number of aryl methyl sites for hydroxylation is 2. The molecule has 0 aliphatic rings. The molecule has 6 heteroatoms. The SMILES string of the molecule is Cc1cc(Nc2ccc(F)cc2)nc(Nc2cc(Cl)ccc2C)n1. The lowest BCUT2D eigenvalue weighted by Gasteiger charge is -2.12. The van der Waals surface area contributed by atoms with E-state index in [0.717, 1.165) is 22.6 Å². The first-order valence-corrected chi connectivity index (χ1v) is 7.79. The smallest absolute Gasteiger partial charge is 0.229 e. The van der Waals surface area contributed by atoms with Crippen LogP contribution in [0.25, 0.3) is 0 Å². The lowest BCUT2D eigenvalue weighted by Crippen LogP contribution is -2.03. The van der Waals surface area contributed by atoms with E-state index in [4.69, 9.17) is 11.6 Å². The Bertz CT molecular complexity index is 865. The van der Waals surface area contributed by atoms with Crippen LogP contribution < -0.4 is 10.6 Å². The predicted octanol–water partition coefficient (Wildman–Crippen LogP) is 5.37. The summed E-state index contributed by atoms with van der Waals surface area (Å²) >= 11 is 6.04. The summed E-state index contributed by atoms with van der Waals surface area (Å²) in [6.45, 7) is 3.86. The number of aromatic nitrogens is 2. The minimum atomic E-state index is -0.279. The maximum absolute atomic E-state index is 13.0. The third-order valence-corrected chi connectivity index (χ3v) is 3.65. The molecule has 0 saturated carbocycles. The fourth-order valence-corrected chi connectivity index (χ4v) is 2.39. The number of hydrogen-bond donors (Lipinski definition) is 2. The van der Waals surface area contributed by atoms with Crippen molar-refractivity contribution in [2.75, 3.05) is 10.6 Å². The van der Waals surface area contributed by atoms with E-state index in [1.165, 1.54) is 12.1 Å². The molecule has 0 fully saturated rings. The molecule has 2 aromatic carbocycles. The summed E-state index contributed by atoms with van der Waals surface area (Å²) in [6, 6.07) is 13.5. The highest BCUT2D eigenvalue weighted by Gasteiger charge is 2.06. The standard InChI is InChI=1S/C18H16ClFN4/c1-11-3-4-13(19)10-16(11)23-18-21-12(2)9-17(24-18)22-15-7-5-14(20)6-8-15/h3-10H,1-2H3,(H2,21,22,23,24). The zero-order valence-electron chi connectivity index (χ0n) is 13.3. The Balaban J connectivity index is 1.85. The average molecular weight is 343 g/mol. The Labute approximate surface area is 144 Å². The maximum atomic E-state index is 13.0. The van der Waals surface area contributed by atoms with E-state index >= 15 is 0 Å². The summed E-state index contributed by atoms with van der Waals surface area (Å²) in [7, 11) is 0. The van der Waals surface area contributed by atoms with Crippen molar-refractivity contribution in [2.24, 2.45) is 0 Å². The van der Waals surface area contributed by atoms with E-state index in [-0.39, 0.29) is 5.82 Å². The van der Waals surface area contributed by atoms with Gasteiger partial charge in [0.1, 0.15) is 11.6 Å². The molecule has 0 bridgehead atoms. The highest BCUT2D eigenvalue weighted by atomic mass is 35.5. The van der Waals surface area contributed by atoms with E-state index in [1.54, 1.807) is 12.1 Å². The fourth-order valence-electron chi connectivity index (χ4n) is 2.22. The van der Waals surface area contributed by atoms with Crippen LogP contribution >= 0.6 is 11.6 Å². The van der Waals surface area contributed by atoms with Gasteiger partial charge in [0.2, 0.25) is 5.95 Å². The van der Waals surface area contributed by atoms with Crippen LogP contribution in [0.4, 0.5) is 27.5 Å². The number of hydrogen-bond acceptors (Lipinski definition) is 4. The third-order valence-electron chi connectivity index (χ3n) is 3.42. The molecular formula is C18H16ClFN4. The number of anilines is 4. The molecule has 0 spiro atoms. The fraction of sp³-hybridized carbons (Fsp3) is 0.111. The maximum Gasteiger partial charge on any atom is 0.229 e.